The number of aromatic carboxylic acids is 1. The number of carboxylic acids is 1. The van der Waals surface area contributed by atoms with Crippen molar-refractivity contribution in [3.63, 3.8) is 0 Å². The molecule has 0 spiro atoms. The topological polar surface area (TPSA) is 111 Å². The lowest BCUT2D eigenvalue weighted by molar-refractivity contribution is 0.0694. The zero-order valence-corrected chi connectivity index (χ0v) is 16.5. The van der Waals surface area contributed by atoms with Crippen molar-refractivity contribution in [1.29, 1.82) is 5.26 Å². The summed E-state index contributed by atoms with van der Waals surface area (Å²) in [5, 5.41) is 18.6. The van der Waals surface area contributed by atoms with Crippen molar-refractivity contribution in [1.82, 2.24) is 4.57 Å². The van der Waals surface area contributed by atoms with E-state index in [1.54, 1.807) is 0 Å². The van der Waals surface area contributed by atoms with E-state index >= 15 is 4.39 Å². The van der Waals surface area contributed by atoms with Crippen molar-refractivity contribution >= 4 is 16.9 Å². The van der Waals surface area contributed by atoms with Gasteiger partial charge in [-0.25, -0.2) is 13.6 Å². The van der Waals surface area contributed by atoms with Gasteiger partial charge in [0, 0.05) is 12.6 Å². The van der Waals surface area contributed by atoms with Crippen LogP contribution in [0.3, 0.4) is 0 Å². The second kappa shape index (κ2) is 6.95. The van der Waals surface area contributed by atoms with E-state index in [1.165, 1.54) is 23.8 Å². The summed E-state index contributed by atoms with van der Waals surface area (Å²) in [5.74, 6) is -1.99. The van der Waals surface area contributed by atoms with Crippen molar-refractivity contribution in [2.45, 2.75) is 18.6 Å². The van der Waals surface area contributed by atoms with Gasteiger partial charge in [0.1, 0.15) is 23.6 Å². The molecule has 10 heteroatoms. The number of nitrogens with zero attached hydrogens (tertiary/aromatic N) is 2. The predicted octanol–water partition coefficient (Wildman–Crippen LogP) is 3.40. The molecule has 32 heavy (non-hydrogen) atoms. The third kappa shape index (κ3) is 2.78. The Morgan fingerprint density at radius 1 is 1.34 bits per heavy atom. The Kier molecular flexibility index (Phi) is 4.30. The van der Waals surface area contributed by atoms with Gasteiger partial charge in [0.2, 0.25) is 12.2 Å². The lowest BCUT2D eigenvalue weighted by atomic mass is 9.97. The van der Waals surface area contributed by atoms with Gasteiger partial charge in [-0.1, -0.05) is 0 Å². The number of carbonyl (C=O) groups is 1. The summed E-state index contributed by atoms with van der Waals surface area (Å²) >= 11 is 0. The first-order chi connectivity index (χ1) is 15.3. The number of alkyl halides is 1. The minimum absolute atomic E-state index is 0.0697. The Morgan fingerprint density at radius 2 is 2.09 bits per heavy atom. The van der Waals surface area contributed by atoms with Gasteiger partial charge in [0.25, 0.3) is 0 Å². The van der Waals surface area contributed by atoms with Crippen LogP contribution in [0.4, 0.5) is 8.78 Å². The standard InChI is InChI=1S/C22H14F2N2O6/c1-30-21-17(9-2-10(6-25)20-16(3-9)31-8-32-20)14(24)4-11-18(21)26(15-5-13(15)23)7-12(19(11)27)22(28)29/h2-4,7,13,15H,5,8H2,1H3,(H,28,29). The van der Waals surface area contributed by atoms with Crippen LogP contribution < -0.4 is 19.6 Å². The molecule has 1 fully saturated rings. The minimum atomic E-state index is -1.50. The van der Waals surface area contributed by atoms with Crippen LogP contribution in [0, 0.1) is 17.1 Å². The molecule has 1 aromatic heterocycles. The molecular formula is C22H14F2N2O6. The Labute approximate surface area is 178 Å². The summed E-state index contributed by atoms with van der Waals surface area (Å²) in [4.78, 5) is 24.3. The van der Waals surface area contributed by atoms with Gasteiger partial charge in [0.05, 0.1) is 35.2 Å². The third-order valence-corrected chi connectivity index (χ3v) is 5.58. The molecule has 0 amide bonds. The largest absolute Gasteiger partial charge is 0.494 e. The highest BCUT2D eigenvalue weighted by atomic mass is 19.1. The second-order valence-electron chi connectivity index (χ2n) is 7.44. The quantitative estimate of drug-likeness (QED) is 0.662. The van der Waals surface area contributed by atoms with Gasteiger partial charge in [-0.3, -0.25) is 4.79 Å². The molecule has 162 valence electrons. The maximum atomic E-state index is 15.4. The van der Waals surface area contributed by atoms with Crippen molar-refractivity contribution in [3.05, 3.63) is 51.6 Å². The predicted molar refractivity (Wildman–Crippen MR) is 107 cm³/mol. The average molecular weight is 440 g/mol. The highest BCUT2D eigenvalue weighted by Crippen LogP contribution is 2.47. The number of pyridine rings is 1. The molecular weight excluding hydrogens is 426 g/mol. The highest BCUT2D eigenvalue weighted by molar-refractivity contribution is 5.98. The fraction of sp³-hybridized carbons (Fsp3) is 0.227. The second-order valence-corrected chi connectivity index (χ2v) is 7.44. The number of hydrogen-bond acceptors (Lipinski definition) is 6. The van der Waals surface area contributed by atoms with Crippen LogP contribution in [0.25, 0.3) is 22.0 Å². The van der Waals surface area contributed by atoms with Crippen molar-refractivity contribution in [2.24, 2.45) is 0 Å². The number of hydrogen-bond donors (Lipinski definition) is 1. The van der Waals surface area contributed by atoms with E-state index in [-0.39, 0.29) is 58.1 Å². The number of halogens is 2. The first-order valence-corrected chi connectivity index (χ1v) is 9.52. The van der Waals surface area contributed by atoms with Gasteiger partial charge >= 0.3 is 5.97 Å². The Hall–Kier alpha value is -4.13. The van der Waals surface area contributed by atoms with Crippen LogP contribution in [-0.4, -0.2) is 35.7 Å². The number of nitriles is 1. The van der Waals surface area contributed by atoms with Crippen molar-refractivity contribution in [2.75, 3.05) is 13.9 Å². The molecule has 2 aromatic carbocycles. The molecule has 1 aliphatic heterocycles. The summed E-state index contributed by atoms with van der Waals surface area (Å²) in [6.45, 7) is -0.0954. The molecule has 0 saturated heterocycles. The molecule has 1 saturated carbocycles. The molecule has 0 bridgehead atoms. The maximum absolute atomic E-state index is 15.4. The molecule has 2 heterocycles. The molecule has 1 aliphatic carbocycles. The summed E-state index contributed by atoms with van der Waals surface area (Å²) in [6, 6.07) is 5.03. The molecule has 2 unspecified atom stereocenters. The van der Waals surface area contributed by atoms with Crippen LogP contribution in [0.15, 0.2) is 29.2 Å². The van der Waals surface area contributed by atoms with E-state index < -0.39 is 35.0 Å². The monoisotopic (exact) mass is 440 g/mol. The Bertz CT molecular complexity index is 1430. The number of methoxy groups -OCH3 is 1. The normalized spacial score (nSPS) is 18.4. The molecule has 2 atom stereocenters. The highest BCUT2D eigenvalue weighted by Gasteiger charge is 2.41. The fourth-order valence-corrected chi connectivity index (χ4v) is 4.01. The number of benzene rings is 2. The van der Waals surface area contributed by atoms with Crippen LogP contribution in [0.2, 0.25) is 0 Å². The molecule has 5 rings (SSSR count). The number of aromatic nitrogens is 1. The summed E-state index contributed by atoms with van der Waals surface area (Å²) in [7, 11) is 1.26. The fourth-order valence-electron chi connectivity index (χ4n) is 4.01. The molecule has 8 nitrogen and oxygen atoms in total. The van der Waals surface area contributed by atoms with E-state index in [9.17, 15) is 24.3 Å². The van der Waals surface area contributed by atoms with E-state index in [4.69, 9.17) is 14.2 Å². The maximum Gasteiger partial charge on any atom is 0.341 e. The van der Waals surface area contributed by atoms with Gasteiger partial charge in [0.15, 0.2) is 17.2 Å². The SMILES string of the molecule is COc1c(-c2cc(C#N)c3c(c2)OCO3)c(F)cc2c(=O)c(C(=O)O)cn(C3CC3F)c12. The first kappa shape index (κ1) is 19.8. The molecule has 2 aliphatic rings. The number of carboxylic acid groups (broad SMARTS) is 1. The third-order valence-electron chi connectivity index (χ3n) is 5.58. The van der Waals surface area contributed by atoms with E-state index in [2.05, 4.69) is 0 Å². The summed E-state index contributed by atoms with van der Waals surface area (Å²) in [6.07, 6.45) is -0.0617. The zero-order valence-electron chi connectivity index (χ0n) is 16.5. The number of fused-ring (bicyclic) bond motifs is 2. The Morgan fingerprint density at radius 3 is 2.72 bits per heavy atom. The smallest absolute Gasteiger partial charge is 0.341 e. The number of rotatable bonds is 4. The van der Waals surface area contributed by atoms with Gasteiger partial charge in [-0.05, 0) is 23.8 Å². The van der Waals surface area contributed by atoms with Crippen LogP contribution >= 0.6 is 0 Å². The zero-order chi connectivity index (χ0) is 22.7. The average Bonchev–Trinajstić information content (AvgIpc) is 3.29. The van der Waals surface area contributed by atoms with Crippen molar-refractivity contribution in [3.8, 4) is 34.4 Å². The first-order valence-electron chi connectivity index (χ1n) is 9.52. The van der Waals surface area contributed by atoms with Gasteiger partial charge in [-0.15, -0.1) is 0 Å². The number of ether oxygens (including phenoxy) is 3. The lowest BCUT2D eigenvalue weighted by Crippen LogP contribution is -2.20. The van der Waals surface area contributed by atoms with E-state index in [0.717, 1.165) is 12.3 Å². The van der Waals surface area contributed by atoms with E-state index in [1.807, 2.05) is 6.07 Å². The van der Waals surface area contributed by atoms with Crippen LogP contribution in [0.1, 0.15) is 28.4 Å². The van der Waals surface area contributed by atoms with Crippen LogP contribution in [-0.2, 0) is 0 Å². The summed E-state index contributed by atoms with van der Waals surface area (Å²) in [5.41, 5.74) is -1.19. The van der Waals surface area contributed by atoms with Crippen LogP contribution in [0.5, 0.6) is 17.2 Å². The molecule has 3 aromatic rings. The van der Waals surface area contributed by atoms with Crippen molar-refractivity contribution < 1.29 is 32.9 Å². The molecule has 1 N–H and O–H groups in total. The summed E-state index contributed by atoms with van der Waals surface area (Å²) < 4.78 is 46.8. The molecule has 0 radical (unpaired) electrons. The van der Waals surface area contributed by atoms with Gasteiger partial charge in [-0.2, -0.15) is 5.26 Å². The lowest BCUT2D eigenvalue weighted by Gasteiger charge is -2.18. The van der Waals surface area contributed by atoms with E-state index in [0.29, 0.717) is 0 Å². The Balaban J connectivity index is 1.88. The van der Waals surface area contributed by atoms with Gasteiger partial charge < -0.3 is 23.9 Å². The minimum Gasteiger partial charge on any atom is -0.494 e.